The van der Waals surface area contributed by atoms with Crippen molar-refractivity contribution in [2.75, 3.05) is 0 Å². The Morgan fingerprint density at radius 2 is 2.00 bits per heavy atom. The zero-order valence-electron chi connectivity index (χ0n) is 7.54. The number of benzene rings is 1. The third-order valence-electron chi connectivity index (χ3n) is 2.25. The SMILES string of the molecule is CC[C@](C)(N)c1ccccc1O. The van der Waals surface area contributed by atoms with Crippen molar-refractivity contribution in [3.8, 4) is 5.75 Å². The molecule has 0 saturated heterocycles. The van der Waals surface area contributed by atoms with Crippen LogP contribution >= 0.6 is 0 Å². The van der Waals surface area contributed by atoms with Crippen LogP contribution in [0.3, 0.4) is 0 Å². The van der Waals surface area contributed by atoms with E-state index in [0.29, 0.717) is 0 Å². The summed E-state index contributed by atoms with van der Waals surface area (Å²) in [6.45, 7) is 3.93. The van der Waals surface area contributed by atoms with Crippen molar-refractivity contribution in [3.05, 3.63) is 29.8 Å². The molecule has 1 aromatic rings. The van der Waals surface area contributed by atoms with Crippen LogP contribution in [0.15, 0.2) is 24.3 Å². The number of phenolic OH excluding ortho intramolecular Hbond substituents is 1. The van der Waals surface area contributed by atoms with Gasteiger partial charge < -0.3 is 10.8 Å². The van der Waals surface area contributed by atoms with E-state index >= 15 is 0 Å². The van der Waals surface area contributed by atoms with Crippen molar-refractivity contribution in [2.24, 2.45) is 5.73 Å². The number of hydrogen-bond donors (Lipinski definition) is 2. The molecule has 3 N–H and O–H groups in total. The van der Waals surface area contributed by atoms with Gasteiger partial charge in [-0.1, -0.05) is 25.1 Å². The molecule has 0 aliphatic carbocycles. The van der Waals surface area contributed by atoms with Gasteiger partial charge in [0.25, 0.3) is 0 Å². The third-order valence-corrected chi connectivity index (χ3v) is 2.25. The molecule has 2 nitrogen and oxygen atoms in total. The zero-order chi connectivity index (χ0) is 9.19. The fourth-order valence-corrected chi connectivity index (χ4v) is 1.15. The molecule has 2 heteroatoms. The fourth-order valence-electron chi connectivity index (χ4n) is 1.15. The number of hydrogen-bond acceptors (Lipinski definition) is 2. The summed E-state index contributed by atoms with van der Waals surface area (Å²) < 4.78 is 0. The van der Waals surface area contributed by atoms with Gasteiger partial charge >= 0.3 is 0 Å². The molecule has 0 aromatic heterocycles. The van der Waals surface area contributed by atoms with Crippen LogP contribution in [0.2, 0.25) is 0 Å². The Kier molecular flexibility index (Phi) is 2.38. The number of nitrogens with two attached hydrogens (primary N) is 1. The molecule has 1 rings (SSSR count). The van der Waals surface area contributed by atoms with Gasteiger partial charge in [-0.25, -0.2) is 0 Å². The Labute approximate surface area is 73.0 Å². The van der Waals surface area contributed by atoms with E-state index in [1.165, 1.54) is 0 Å². The van der Waals surface area contributed by atoms with Gasteiger partial charge in [0.1, 0.15) is 5.75 Å². The van der Waals surface area contributed by atoms with E-state index in [1.807, 2.05) is 26.0 Å². The lowest BCUT2D eigenvalue weighted by Crippen LogP contribution is -2.31. The summed E-state index contributed by atoms with van der Waals surface area (Å²) in [6.07, 6.45) is 0.810. The fraction of sp³-hybridized carbons (Fsp3) is 0.400. The molecule has 0 aliphatic rings. The van der Waals surface area contributed by atoms with Gasteiger partial charge in [0.2, 0.25) is 0 Å². The molecule has 0 fully saturated rings. The summed E-state index contributed by atoms with van der Waals surface area (Å²) in [7, 11) is 0. The van der Waals surface area contributed by atoms with Gasteiger partial charge in [0, 0.05) is 11.1 Å². The standard InChI is InChI=1S/C10H15NO/c1-3-10(2,11)8-6-4-5-7-9(8)12/h4-7,12H,3,11H2,1-2H3/t10-/m0/s1. The Bertz CT molecular complexity index is 268. The van der Waals surface area contributed by atoms with E-state index < -0.39 is 5.54 Å². The molecule has 0 bridgehead atoms. The molecule has 0 aliphatic heterocycles. The zero-order valence-corrected chi connectivity index (χ0v) is 7.54. The molecule has 12 heavy (non-hydrogen) atoms. The molecule has 0 heterocycles. The maximum atomic E-state index is 9.50. The van der Waals surface area contributed by atoms with Crippen LogP contribution < -0.4 is 5.73 Å². The van der Waals surface area contributed by atoms with Crippen molar-refractivity contribution >= 4 is 0 Å². The second-order valence-electron chi connectivity index (χ2n) is 3.29. The van der Waals surface area contributed by atoms with Crippen molar-refractivity contribution in [2.45, 2.75) is 25.8 Å². The Balaban J connectivity index is 3.10. The number of rotatable bonds is 2. The van der Waals surface area contributed by atoms with Gasteiger partial charge in [0.15, 0.2) is 0 Å². The highest BCUT2D eigenvalue weighted by Gasteiger charge is 2.21. The lowest BCUT2D eigenvalue weighted by atomic mass is 9.90. The Hall–Kier alpha value is -1.02. The number of phenols is 1. The van der Waals surface area contributed by atoms with Crippen LogP contribution in [0.5, 0.6) is 5.75 Å². The quantitative estimate of drug-likeness (QED) is 0.703. The van der Waals surface area contributed by atoms with E-state index in [9.17, 15) is 5.11 Å². The lowest BCUT2D eigenvalue weighted by molar-refractivity contribution is 0.417. The van der Waals surface area contributed by atoms with E-state index in [2.05, 4.69) is 0 Å². The summed E-state index contributed by atoms with van der Waals surface area (Å²) >= 11 is 0. The molecule has 0 saturated carbocycles. The highest BCUT2D eigenvalue weighted by Crippen LogP contribution is 2.28. The largest absolute Gasteiger partial charge is 0.508 e. The molecular formula is C10H15NO. The van der Waals surface area contributed by atoms with Crippen molar-refractivity contribution < 1.29 is 5.11 Å². The first-order chi connectivity index (χ1) is 5.58. The Morgan fingerprint density at radius 3 is 2.50 bits per heavy atom. The molecule has 1 aromatic carbocycles. The van der Waals surface area contributed by atoms with Crippen LogP contribution in [0.4, 0.5) is 0 Å². The monoisotopic (exact) mass is 165 g/mol. The first kappa shape index (κ1) is 9.07. The summed E-state index contributed by atoms with van der Waals surface area (Å²) in [5.41, 5.74) is 6.37. The van der Waals surface area contributed by atoms with E-state index in [1.54, 1.807) is 12.1 Å². The maximum Gasteiger partial charge on any atom is 0.120 e. The van der Waals surface area contributed by atoms with Gasteiger partial charge in [-0.3, -0.25) is 0 Å². The molecule has 66 valence electrons. The lowest BCUT2D eigenvalue weighted by Gasteiger charge is -2.23. The van der Waals surface area contributed by atoms with Gasteiger partial charge in [-0.15, -0.1) is 0 Å². The maximum absolute atomic E-state index is 9.50. The van der Waals surface area contributed by atoms with Gasteiger partial charge in [-0.05, 0) is 19.4 Å². The Morgan fingerprint density at radius 1 is 1.42 bits per heavy atom. The average molecular weight is 165 g/mol. The second kappa shape index (κ2) is 3.15. The minimum absolute atomic E-state index is 0.282. The predicted octanol–water partition coefficient (Wildman–Crippen LogP) is 1.98. The van der Waals surface area contributed by atoms with Gasteiger partial charge in [0.05, 0.1) is 0 Å². The molecule has 0 radical (unpaired) electrons. The summed E-state index contributed by atoms with van der Waals surface area (Å²) in [5.74, 6) is 0.282. The highest BCUT2D eigenvalue weighted by atomic mass is 16.3. The minimum Gasteiger partial charge on any atom is -0.508 e. The van der Waals surface area contributed by atoms with E-state index in [4.69, 9.17) is 5.73 Å². The third kappa shape index (κ3) is 1.59. The summed E-state index contributed by atoms with van der Waals surface area (Å²) in [4.78, 5) is 0. The van der Waals surface area contributed by atoms with Crippen molar-refractivity contribution in [1.29, 1.82) is 0 Å². The van der Waals surface area contributed by atoms with Gasteiger partial charge in [-0.2, -0.15) is 0 Å². The van der Waals surface area contributed by atoms with Crippen LogP contribution in [0, 0.1) is 0 Å². The molecule has 1 atom stereocenters. The summed E-state index contributed by atoms with van der Waals surface area (Å²) in [5, 5.41) is 9.50. The topological polar surface area (TPSA) is 46.2 Å². The van der Waals surface area contributed by atoms with Crippen LogP contribution in [0.1, 0.15) is 25.8 Å². The van der Waals surface area contributed by atoms with Crippen LogP contribution in [0.25, 0.3) is 0 Å². The molecule has 0 spiro atoms. The number of para-hydroxylation sites is 1. The minimum atomic E-state index is -0.425. The first-order valence-electron chi connectivity index (χ1n) is 4.15. The molecule has 0 unspecified atom stereocenters. The van der Waals surface area contributed by atoms with Crippen LogP contribution in [-0.4, -0.2) is 5.11 Å². The molecule has 0 amide bonds. The second-order valence-corrected chi connectivity index (χ2v) is 3.29. The van der Waals surface area contributed by atoms with Crippen LogP contribution in [-0.2, 0) is 5.54 Å². The predicted molar refractivity (Wildman–Crippen MR) is 49.9 cm³/mol. The average Bonchev–Trinajstić information content (AvgIpc) is 2.05. The first-order valence-corrected chi connectivity index (χ1v) is 4.15. The van der Waals surface area contributed by atoms with Crippen molar-refractivity contribution in [3.63, 3.8) is 0 Å². The van der Waals surface area contributed by atoms with Crippen molar-refractivity contribution in [1.82, 2.24) is 0 Å². The van der Waals surface area contributed by atoms with E-state index in [-0.39, 0.29) is 5.75 Å². The number of aromatic hydroxyl groups is 1. The normalized spacial score (nSPS) is 15.6. The smallest absolute Gasteiger partial charge is 0.120 e. The molecular weight excluding hydrogens is 150 g/mol. The highest BCUT2D eigenvalue weighted by molar-refractivity contribution is 5.36. The summed E-state index contributed by atoms with van der Waals surface area (Å²) in [6, 6.07) is 7.20. The van der Waals surface area contributed by atoms with E-state index in [0.717, 1.165) is 12.0 Å².